The molecule has 0 amide bonds. The van der Waals surface area contributed by atoms with E-state index in [0.717, 1.165) is 5.39 Å². The molecule has 1 aromatic heterocycles. The molecule has 0 saturated carbocycles. The molecule has 0 fully saturated rings. The van der Waals surface area contributed by atoms with Gasteiger partial charge in [0.1, 0.15) is 0 Å². The van der Waals surface area contributed by atoms with E-state index >= 15 is 0 Å². The Balaban J connectivity index is 2.12. The number of hydrogen-bond acceptors (Lipinski definition) is 2. The standard InChI is InChI=1S/C15H8Cl2O2/c16-11-6-10-7-13(19-15(10)12(17)8-11)14(18)9-4-2-1-3-5-9/h1-8H. The summed E-state index contributed by atoms with van der Waals surface area (Å²) in [5.41, 5.74) is 1.05. The maximum atomic E-state index is 12.2. The van der Waals surface area contributed by atoms with Gasteiger partial charge < -0.3 is 4.42 Å². The summed E-state index contributed by atoms with van der Waals surface area (Å²) in [5, 5.41) is 1.63. The first-order chi connectivity index (χ1) is 9.15. The third-order valence-electron chi connectivity index (χ3n) is 2.80. The third-order valence-corrected chi connectivity index (χ3v) is 3.29. The van der Waals surface area contributed by atoms with Gasteiger partial charge in [-0.25, -0.2) is 0 Å². The van der Waals surface area contributed by atoms with Gasteiger partial charge in [0.25, 0.3) is 0 Å². The van der Waals surface area contributed by atoms with Crippen molar-refractivity contribution in [3.8, 4) is 0 Å². The first kappa shape index (κ1) is 12.3. The summed E-state index contributed by atoms with van der Waals surface area (Å²) in [6.07, 6.45) is 0. The molecule has 0 saturated heterocycles. The van der Waals surface area contributed by atoms with E-state index in [1.807, 2.05) is 6.07 Å². The summed E-state index contributed by atoms with van der Waals surface area (Å²) in [6.45, 7) is 0. The van der Waals surface area contributed by atoms with Crippen LogP contribution >= 0.6 is 23.2 Å². The van der Waals surface area contributed by atoms with Gasteiger partial charge in [-0.15, -0.1) is 0 Å². The molecule has 0 aliphatic heterocycles. The van der Waals surface area contributed by atoms with Gasteiger partial charge in [-0.1, -0.05) is 53.5 Å². The summed E-state index contributed by atoms with van der Waals surface area (Å²) < 4.78 is 5.53. The molecule has 19 heavy (non-hydrogen) atoms. The van der Waals surface area contributed by atoms with Crippen molar-refractivity contribution in [3.63, 3.8) is 0 Å². The zero-order valence-corrected chi connectivity index (χ0v) is 11.2. The molecule has 2 aromatic carbocycles. The number of carbonyl (C=O) groups is 1. The predicted molar refractivity (Wildman–Crippen MR) is 76.1 cm³/mol. The Hall–Kier alpha value is -1.77. The van der Waals surface area contributed by atoms with E-state index < -0.39 is 0 Å². The number of furan rings is 1. The van der Waals surface area contributed by atoms with Crippen LogP contribution in [0.1, 0.15) is 16.1 Å². The minimum atomic E-state index is -0.177. The van der Waals surface area contributed by atoms with Crippen molar-refractivity contribution in [2.24, 2.45) is 0 Å². The van der Waals surface area contributed by atoms with Crippen molar-refractivity contribution >= 4 is 40.0 Å². The molecule has 2 nitrogen and oxygen atoms in total. The molecule has 94 valence electrons. The van der Waals surface area contributed by atoms with Crippen molar-refractivity contribution in [1.29, 1.82) is 0 Å². The molecule has 0 aliphatic carbocycles. The fraction of sp³-hybridized carbons (Fsp3) is 0. The lowest BCUT2D eigenvalue weighted by Gasteiger charge is -1.96. The fourth-order valence-corrected chi connectivity index (χ4v) is 2.47. The third kappa shape index (κ3) is 2.25. The quantitative estimate of drug-likeness (QED) is 0.624. The summed E-state index contributed by atoms with van der Waals surface area (Å²) in [4.78, 5) is 12.2. The van der Waals surface area contributed by atoms with E-state index in [-0.39, 0.29) is 11.5 Å². The lowest BCUT2D eigenvalue weighted by molar-refractivity contribution is 0.101. The van der Waals surface area contributed by atoms with Gasteiger partial charge in [-0.05, 0) is 18.2 Å². The molecule has 0 N–H and O–H groups in total. The highest BCUT2D eigenvalue weighted by Crippen LogP contribution is 2.31. The Bertz CT molecular complexity index is 760. The van der Waals surface area contributed by atoms with Gasteiger partial charge in [-0.2, -0.15) is 0 Å². The fourth-order valence-electron chi connectivity index (χ4n) is 1.92. The number of rotatable bonds is 2. The van der Waals surface area contributed by atoms with Crippen molar-refractivity contribution in [1.82, 2.24) is 0 Å². The number of ketones is 1. The molecule has 3 aromatic rings. The Kier molecular flexibility index (Phi) is 3.05. The average molecular weight is 291 g/mol. The van der Waals surface area contributed by atoms with Crippen LogP contribution in [-0.2, 0) is 0 Å². The number of carbonyl (C=O) groups excluding carboxylic acids is 1. The van der Waals surface area contributed by atoms with Gasteiger partial charge >= 0.3 is 0 Å². The van der Waals surface area contributed by atoms with Crippen LogP contribution in [0.5, 0.6) is 0 Å². The van der Waals surface area contributed by atoms with Gasteiger partial charge in [-0.3, -0.25) is 4.79 Å². The second-order valence-corrected chi connectivity index (χ2v) is 4.96. The minimum absolute atomic E-state index is 0.177. The Morgan fingerprint density at radius 3 is 2.47 bits per heavy atom. The van der Waals surface area contributed by atoms with Crippen LogP contribution in [0.3, 0.4) is 0 Å². The monoisotopic (exact) mass is 290 g/mol. The molecule has 1 heterocycles. The minimum Gasteiger partial charge on any atom is -0.451 e. The first-order valence-electron chi connectivity index (χ1n) is 5.63. The number of halogens is 2. The van der Waals surface area contributed by atoms with Crippen LogP contribution in [-0.4, -0.2) is 5.78 Å². The van der Waals surface area contributed by atoms with Crippen molar-refractivity contribution in [2.45, 2.75) is 0 Å². The SMILES string of the molecule is O=C(c1ccccc1)c1cc2cc(Cl)cc(Cl)c2o1. The zero-order chi connectivity index (χ0) is 13.4. The Labute approximate surface area is 119 Å². The molecule has 4 heteroatoms. The molecule has 0 unspecified atom stereocenters. The molecule has 0 radical (unpaired) electrons. The summed E-state index contributed by atoms with van der Waals surface area (Å²) in [7, 11) is 0. The lowest BCUT2D eigenvalue weighted by atomic mass is 10.1. The Morgan fingerprint density at radius 2 is 1.74 bits per heavy atom. The van der Waals surface area contributed by atoms with Crippen LogP contribution in [0.2, 0.25) is 10.0 Å². The normalized spacial score (nSPS) is 10.8. The molecular weight excluding hydrogens is 283 g/mol. The van der Waals surface area contributed by atoms with Crippen LogP contribution in [0.15, 0.2) is 52.9 Å². The van der Waals surface area contributed by atoms with E-state index in [9.17, 15) is 4.79 Å². The van der Waals surface area contributed by atoms with Crippen molar-refractivity contribution < 1.29 is 9.21 Å². The summed E-state index contributed by atoms with van der Waals surface area (Å²) in [6, 6.07) is 13.9. The number of benzene rings is 2. The summed E-state index contributed by atoms with van der Waals surface area (Å²) >= 11 is 12.0. The van der Waals surface area contributed by atoms with E-state index in [1.165, 1.54) is 0 Å². The molecule has 0 spiro atoms. The van der Waals surface area contributed by atoms with Gasteiger partial charge in [0.2, 0.25) is 5.78 Å². The van der Waals surface area contributed by atoms with E-state index in [1.54, 1.807) is 42.5 Å². The second kappa shape index (κ2) is 4.72. The van der Waals surface area contributed by atoms with E-state index in [0.29, 0.717) is 21.2 Å². The predicted octanol–water partition coefficient (Wildman–Crippen LogP) is 4.97. The topological polar surface area (TPSA) is 30.2 Å². The highest BCUT2D eigenvalue weighted by Gasteiger charge is 2.16. The van der Waals surface area contributed by atoms with Crippen molar-refractivity contribution in [3.05, 3.63) is 69.9 Å². The lowest BCUT2D eigenvalue weighted by Crippen LogP contribution is -1.98. The van der Waals surface area contributed by atoms with E-state index in [2.05, 4.69) is 0 Å². The average Bonchev–Trinajstić information content (AvgIpc) is 2.83. The highest BCUT2D eigenvalue weighted by molar-refractivity contribution is 6.38. The van der Waals surface area contributed by atoms with Crippen LogP contribution in [0.25, 0.3) is 11.0 Å². The van der Waals surface area contributed by atoms with Crippen molar-refractivity contribution in [2.75, 3.05) is 0 Å². The van der Waals surface area contributed by atoms with Crippen LogP contribution < -0.4 is 0 Å². The molecule has 3 rings (SSSR count). The maximum Gasteiger partial charge on any atom is 0.228 e. The highest BCUT2D eigenvalue weighted by atomic mass is 35.5. The smallest absolute Gasteiger partial charge is 0.228 e. The van der Waals surface area contributed by atoms with Gasteiger partial charge in [0.05, 0.1) is 5.02 Å². The number of fused-ring (bicyclic) bond motifs is 1. The molecule has 0 aliphatic rings. The second-order valence-electron chi connectivity index (χ2n) is 4.11. The van der Waals surface area contributed by atoms with E-state index in [4.69, 9.17) is 27.6 Å². The molecule has 0 atom stereocenters. The van der Waals surface area contributed by atoms with Crippen LogP contribution in [0, 0.1) is 0 Å². The first-order valence-corrected chi connectivity index (χ1v) is 6.39. The molecule has 0 bridgehead atoms. The zero-order valence-electron chi connectivity index (χ0n) is 9.69. The maximum absolute atomic E-state index is 12.2. The largest absolute Gasteiger partial charge is 0.451 e. The molecular formula is C15H8Cl2O2. The van der Waals surface area contributed by atoms with Crippen LogP contribution in [0.4, 0.5) is 0 Å². The van der Waals surface area contributed by atoms with Gasteiger partial charge in [0.15, 0.2) is 11.3 Å². The Morgan fingerprint density at radius 1 is 1.00 bits per heavy atom. The van der Waals surface area contributed by atoms with Gasteiger partial charge in [0, 0.05) is 16.0 Å². The number of hydrogen-bond donors (Lipinski definition) is 0. The summed E-state index contributed by atoms with van der Waals surface area (Å²) in [5.74, 6) is 0.0781.